The summed E-state index contributed by atoms with van der Waals surface area (Å²) in [5, 5.41) is 7.41. The maximum atomic E-state index is 5.48. The summed E-state index contributed by atoms with van der Waals surface area (Å²) < 4.78 is 0. The highest BCUT2D eigenvalue weighted by Crippen LogP contribution is 2.23. The molecule has 0 saturated heterocycles. The lowest BCUT2D eigenvalue weighted by atomic mass is 10.2. The van der Waals surface area contributed by atoms with Gasteiger partial charge < -0.3 is 5.73 Å². The molecule has 2 rings (SSSR count). The van der Waals surface area contributed by atoms with Crippen LogP contribution in [0.3, 0.4) is 0 Å². The molecule has 0 bridgehead atoms. The summed E-state index contributed by atoms with van der Waals surface area (Å²) in [6.07, 6.45) is 2.43. The lowest BCUT2D eigenvalue weighted by Gasteiger charge is -2.00. The van der Waals surface area contributed by atoms with E-state index < -0.39 is 0 Å². The molecule has 4 nitrogen and oxygen atoms in total. The van der Waals surface area contributed by atoms with Gasteiger partial charge in [-0.15, -0.1) is 0 Å². The zero-order chi connectivity index (χ0) is 10.5. The number of nitrogens with two attached hydrogens (primary N) is 1. The molecule has 2 aromatic rings. The second kappa shape index (κ2) is 4.95. The van der Waals surface area contributed by atoms with Crippen LogP contribution in [-0.2, 0) is 6.42 Å². The smallest absolute Gasteiger partial charge is 0.188 e. The minimum atomic E-state index is 0.689. The molecule has 0 atom stereocenters. The molecular weight excluding hydrogens is 208 g/mol. The maximum Gasteiger partial charge on any atom is 0.188 e. The summed E-state index contributed by atoms with van der Waals surface area (Å²) in [4.78, 5) is 5.19. The minimum Gasteiger partial charge on any atom is -0.330 e. The number of H-pyrrole nitrogens is 1. The monoisotopic (exact) mass is 220 g/mol. The van der Waals surface area contributed by atoms with Gasteiger partial charge >= 0.3 is 0 Å². The van der Waals surface area contributed by atoms with E-state index in [-0.39, 0.29) is 0 Å². The zero-order valence-electron chi connectivity index (χ0n) is 8.18. The van der Waals surface area contributed by atoms with Crippen LogP contribution in [0.15, 0.2) is 40.6 Å². The molecule has 0 aliphatic rings. The summed E-state index contributed by atoms with van der Waals surface area (Å²) in [6.45, 7) is 0.689. The molecular formula is C10H12N4S. The van der Waals surface area contributed by atoms with Crippen molar-refractivity contribution < 1.29 is 0 Å². The topological polar surface area (TPSA) is 67.6 Å². The van der Waals surface area contributed by atoms with Crippen LogP contribution in [-0.4, -0.2) is 21.7 Å². The summed E-state index contributed by atoms with van der Waals surface area (Å²) in [7, 11) is 0. The highest BCUT2D eigenvalue weighted by molar-refractivity contribution is 7.99. The van der Waals surface area contributed by atoms with Crippen molar-refractivity contribution >= 4 is 11.8 Å². The fourth-order valence-corrected chi connectivity index (χ4v) is 1.94. The summed E-state index contributed by atoms with van der Waals surface area (Å²) >= 11 is 1.56. The number of rotatable bonds is 4. The Kier molecular flexibility index (Phi) is 3.37. The van der Waals surface area contributed by atoms with E-state index in [1.165, 1.54) is 11.9 Å². The Morgan fingerprint density at radius 2 is 2.07 bits per heavy atom. The Bertz CT molecular complexity index is 396. The Labute approximate surface area is 92.3 Å². The van der Waals surface area contributed by atoms with Crippen molar-refractivity contribution in [1.29, 1.82) is 0 Å². The van der Waals surface area contributed by atoms with Crippen LogP contribution < -0.4 is 5.73 Å². The molecule has 1 aromatic heterocycles. The normalized spacial score (nSPS) is 10.5. The Morgan fingerprint density at radius 1 is 1.27 bits per heavy atom. The van der Waals surface area contributed by atoms with Crippen molar-refractivity contribution in [2.75, 3.05) is 6.54 Å². The van der Waals surface area contributed by atoms with Gasteiger partial charge in [0.2, 0.25) is 0 Å². The van der Waals surface area contributed by atoms with Crippen molar-refractivity contribution in [3.05, 3.63) is 36.2 Å². The van der Waals surface area contributed by atoms with Crippen molar-refractivity contribution in [3.8, 4) is 0 Å². The standard InChI is InChI=1S/C10H12N4S/c11-6-5-8-1-3-9(4-2-8)15-10-12-7-13-14-10/h1-4,7H,5-6,11H2,(H,12,13,14). The number of aromatic nitrogens is 3. The van der Waals surface area contributed by atoms with Crippen LogP contribution >= 0.6 is 11.8 Å². The van der Waals surface area contributed by atoms with Gasteiger partial charge in [0.1, 0.15) is 6.33 Å². The van der Waals surface area contributed by atoms with E-state index in [1.807, 2.05) is 0 Å². The lowest BCUT2D eigenvalue weighted by Crippen LogP contribution is -2.02. The van der Waals surface area contributed by atoms with E-state index in [1.54, 1.807) is 11.8 Å². The fraction of sp³-hybridized carbons (Fsp3) is 0.200. The Balaban J connectivity index is 2.04. The maximum absolute atomic E-state index is 5.48. The number of hydrogen-bond acceptors (Lipinski definition) is 4. The van der Waals surface area contributed by atoms with E-state index >= 15 is 0 Å². The number of hydrogen-bond donors (Lipinski definition) is 2. The van der Waals surface area contributed by atoms with Gasteiger partial charge in [-0.25, -0.2) is 4.98 Å². The summed E-state index contributed by atoms with van der Waals surface area (Å²) in [5.41, 5.74) is 6.74. The predicted octanol–water partition coefficient (Wildman–Crippen LogP) is 1.46. The third-order valence-corrected chi connectivity index (χ3v) is 2.86. The third-order valence-electron chi connectivity index (χ3n) is 1.96. The summed E-state index contributed by atoms with van der Waals surface area (Å²) in [6, 6.07) is 8.31. The van der Waals surface area contributed by atoms with E-state index in [9.17, 15) is 0 Å². The van der Waals surface area contributed by atoms with Gasteiger partial charge in [0.25, 0.3) is 0 Å². The molecule has 0 aliphatic heterocycles. The first-order valence-electron chi connectivity index (χ1n) is 4.71. The highest BCUT2D eigenvalue weighted by atomic mass is 32.2. The molecule has 0 amide bonds. The van der Waals surface area contributed by atoms with Crippen molar-refractivity contribution in [2.24, 2.45) is 5.73 Å². The average Bonchev–Trinajstić information content (AvgIpc) is 2.74. The van der Waals surface area contributed by atoms with Gasteiger partial charge in [-0.05, 0) is 30.7 Å². The van der Waals surface area contributed by atoms with Crippen LogP contribution in [0.4, 0.5) is 0 Å². The van der Waals surface area contributed by atoms with Gasteiger partial charge in [0.05, 0.1) is 0 Å². The molecule has 0 spiro atoms. The van der Waals surface area contributed by atoms with Crippen LogP contribution in [0, 0.1) is 0 Å². The molecule has 78 valence electrons. The zero-order valence-corrected chi connectivity index (χ0v) is 9.00. The van der Waals surface area contributed by atoms with E-state index in [0.29, 0.717) is 6.54 Å². The van der Waals surface area contributed by atoms with E-state index in [4.69, 9.17) is 5.73 Å². The Morgan fingerprint density at radius 3 is 2.67 bits per heavy atom. The van der Waals surface area contributed by atoms with E-state index in [0.717, 1.165) is 16.5 Å². The molecule has 0 radical (unpaired) electrons. The largest absolute Gasteiger partial charge is 0.330 e. The van der Waals surface area contributed by atoms with Gasteiger partial charge in [0.15, 0.2) is 5.16 Å². The molecule has 0 unspecified atom stereocenters. The third kappa shape index (κ3) is 2.81. The molecule has 5 heteroatoms. The number of benzene rings is 1. The lowest BCUT2D eigenvalue weighted by molar-refractivity contribution is 0.963. The van der Waals surface area contributed by atoms with Crippen LogP contribution in [0.5, 0.6) is 0 Å². The fourth-order valence-electron chi connectivity index (χ4n) is 1.25. The first-order valence-corrected chi connectivity index (χ1v) is 5.52. The summed E-state index contributed by atoms with van der Waals surface area (Å²) in [5.74, 6) is 0. The minimum absolute atomic E-state index is 0.689. The number of nitrogens with zero attached hydrogens (tertiary/aromatic N) is 2. The second-order valence-electron chi connectivity index (χ2n) is 3.08. The molecule has 0 fully saturated rings. The van der Waals surface area contributed by atoms with Gasteiger partial charge in [-0.1, -0.05) is 23.9 Å². The molecule has 0 aliphatic carbocycles. The van der Waals surface area contributed by atoms with Crippen molar-refractivity contribution in [1.82, 2.24) is 15.2 Å². The quantitative estimate of drug-likeness (QED) is 0.818. The van der Waals surface area contributed by atoms with Gasteiger partial charge in [-0.3, -0.25) is 5.10 Å². The second-order valence-corrected chi connectivity index (χ2v) is 4.14. The highest BCUT2D eigenvalue weighted by Gasteiger charge is 1.99. The molecule has 1 aromatic carbocycles. The first kappa shape index (κ1) is 10.2. The van der Waals surface area contributed by atoms with E-state index in [2.05, 4.69) is 39.4 Å². The Hall–Kier alpha value is -1.33. The van der Waals surface area contributed by atoms with Crippen molar-refractivity contribution in [2.45, 2.75) is 16.5 Å². The van der Waals surface area contributed by atoms with Crippen LogP contribution in [0.2, 0.25) is 0 Å². The predicted molar refractivity (Wildman–Crippen MR) is 59.7 cm³/mol. The molecule has 3 N–H and O–H groups in total. The van der Waals surface area contributed by atoms with Crippen LogP contribution in [0.1, 0.15) is 5.56 Å². The molecule has 0 saturated carbocycles. The van der Waals surface area contributed by atoms with Crippen molar-refractivity contribution in [3.63, 3.8) is 0 Å². The molecule has 15 heavy (non-hydrogen) atoms. The average molecular weight is 220 g/mol. The SMILES string of the molecule is NCCc1ccc(Sc2ncn[nH]2)cc1. The van der Waals surface area contributed by atoms with Gasteiger partial charge in [-0.2, -0.15) is 5.10 Å². The number of nitrogens with one attached hydrogen (secondary N) is 1. The number of aromatic amines is 1. The van der Waals surface area contributed by atoms with Gasteiger partial charge in [0, 0.05) is 4.90 Å². The van der Waals surface area contributed by atoms with Crippen LogP contribution in [0.25, 0.3) is 0 Å². The molecule has 1 heterocycles. The first-order chi connectivity index (χ1) is 7.38.